The molecule has 2 aromatic rings. The number of urea groups is 1. The average Bonchev–Trinajstić information content (AvgIpc) is 2.50. The van der Waals surface area contributed by atoms with Crippen LogP contribution in [-0.4, -0.2) is 40.0 Å². The van der Waals surface area contributed by atoms with Crippen molar-refractivity contribution >= 4 is 23.6 Å². The van der Waals surface area contributed by atoms with Crippen LogP contribution in [-0.2, 0) is 0 Å². The monoisotopic (exact) mass is 331 g/mol. The molecule has 2 heterocycles. The van der Waals surface area contributed by atoms with Crippen LogP contribution in [0, 0.1) is 0 Å². The maximum absolute atomic E-state index is 11.8. The molecule has 9 heteroatoms. The van der Waals surface area contributed by atoms with Crippen LogP contribution in [0.15, 0.2) is 18.5 Å². The molecule has 2 aromatic heterocycles. The van der Waals surface area contributed by atoms with Crippen molar-refractivity contribution in [1.82, 2.24) is 19.9 Å². The Labute approximate surface area is 140 Å². The lowest BCUT2D eigenvalue weighted by Crippen LogP contribution is -2.27. The maximum Gasteiger partial charge on any atom is 0.322 e. The van der Waals surface area contributed by atoms with Gasteiger partial charge in [-0.2, -0.15) is 4.98 Å². The van der Waals surface area contributed by atoms with E-state index in [1.807, 2.05) is 13.8 Å². The quantitative estimate of drug-likeness (QED) is 0.780. The molecule has 2 rings (SSSR count). The number of hydrogen-bond donors (Lipinski definition) is 3. The van der Waals surface area contributed by atoms with Gasteiger partial charge in [0.2, 0.25) is 5.95 Å². The fourth-order valence-corrected chi connectivity index (χ4v) is 1.85. The molecule has 24 heavy (non-hydrogen) atoms. The van der Waals surface area contributed by atoms with Crippen molar-refractivity contribution in [3.05, 3.63) is 24.0 Å². The zero-order chi connectivity index (χ0) is 17.9. The highest BCUT2D eigenvalue weighted by atomic mass is 16.5. The Morgan fingerprint density at radius 2 is 1.92 bits per heavy atom. The minimum atomic E-state index is -0.291. The van der Waals surface area contributed by atoms with Crippen LogP contribution < -0.4 is 21.5 Å². The number of hydrogen-bond acceptors (Lipinski definition) is 7. The van der Waals surface area contributed by atoms with Crippen molar-refractivity contribution in [3.63, 3.8) is 0 Å². The Morgan fingerprint density at radius 1 is 1.21 bits per heavy atom. The third-order valence-corrected chi connectivity index (χ3v) is 3.18. The van der Waals surface area contributed by atoms with E-state index in [9.17, 15) is 4.79 Å². The number of nitrogens with two attached hydrogens (primary N) is 2. The first-order valence-corrected chi connectivity index (χ1v) is 7.32. The van der Waals surface area contributed by atoms with Crippen LogP contribution in [0.1, 0.15) is 25.3 Å². The first kappa shape index (κ1) is 17.3. The Hall–Kier alpha value is -3.10. The standard InChI is InChI=1S/C15H21N7O2/c1-8(2)9-6-18-12(20-15(23)22(3)4)5-10(9)24-11-7-19-14(17)21-13(11)16/h5-8H,1-4H3,(H,18,20,23)(H4,16,17,19,21). The predicted octanol–water partition coefficient (Wildman–Crippen LogP) is 2.05. The number of pyridine rings is 1. The van der Waals surface area contributed by atoms with Gasteiger partial charge in [0.05, 0.1) is 6.20 Å². The van der Waals surface area contributed by atoms with E-state index in [2.05, 4.69) is 20.3 Å². The number of nitrogens with one attached hydrogen (secondary N) is 1. The molecule has 0 bridgehead atoms. The molecule has 0 unspecified atom stereocenters. The van der Waals surface area contributed by atoms with Crippen molar-refractivity contribution < 1.29 is 9.53 Å². The molecule has 0 radical (unpaired) electrons. The summed E-state index contributed by atoms with van der Waals surface area (Å²) in [4.78, 5) is 25.2. The lowest BCUT2D eigenvalue weighted by Gasteiger charge is -2.16. The van der Waals surface area contributed by atoms with Crippen molar-refractivity contribution in [2.75, 3.05) is 30.9 Å². The van der Waals surface area contributed by atoms with Gasteiger partial charge < -0.3 is 21.1 Å². The van der Waals surface area contributed by atoms with Crippen molar-refractivity contribution in [2.45, 2.75) is 19.8 Å². The van der Waals surface area contributed by atoms with Crippen LogP contribution in [0.2, 0.25) is 0 Å². The molecule has 0 aliphatic rings. The Morgan fingerprint density at radius 3 is 2.50 bits per heavy atom. The molecular weight excluding hydrogens is 310 g/mol. The Kier molecular flexibility index (Phi) is 5.02. The second kappa shape index (κ2) is 6.99. The van der Waals surface area contributed by atoms with Gasteiger partial charge in [-0.15, -0.1) is 0 Å². The molecule has 5 N–H and O–H groups in total. The predicted molar refractivity (Wildman–Crippen MR) is 92.0 cm³/mol. The number of anilines is 3. The minimum Gasteiger partial charge on any atom is -0.451 e. The van der Waals surface area contributed by atoms with Crippen LogP contribution in [0.4, 0.5) is 22.4 Å². The number of amides is 2. The molecule has 0 aliphatic carbocycles. The molecular formula is C15H21N7O2. The van der Waals surface area contributed by atoms with Gasteiger partial charge in [-0.1, -0.05) is 13.8 Å². The zero-order valence-electron chi connectivity index (χ0n) is 14.1. The number of nitrogens with zero attached hydrogens (tertiary/aromatic N) is 4. The van der Waals surface area contributed by atoms with E-state index >= 15 is 0 Å². The Bertz CT molecular complexity index is 747. The molecule has 0 aromatic carbocycles. The van der Waals surface area contributed by atoms with E-state index in [1.54, 1.807) is 26.4 Å². The number of nitrogen functional groups attached to an aromatic ring is 2. The summed E-state index contributed by atoms with van der Waals surface area (Å²) in [5.74, 6) is 1.51. The summed E-state index contributed by atoms with van der Waals surface area (Å²) in [6.45, 7) is 4.01. The van der Waals surface area contributed by atoms with Crippen molar-refractivity contribution in [3.8, 4) is 11.5 Å². The van der Waals surface area contributed by atoms with Gasteiger partial charge in [0, 0.05) is 31.9 Å². The highest BCUT2D eigenvalue weighted by molar-refractivity contribution is 5.88. The number of carbonyl (C=O) groups excluding carboxylic acids is 1. The van der Waals surface area contributed by atoms with Crippen LogP contribution in [0.3, 0.4) is 0 Å². The number of rotatable bonds is 4. The third-order valence-electron chi connectivity index (χ3n) is 3.18. The zero-order valence-corrected chi connectivity index (χ0v) is 14.1. The highest BCUT2D eigenvalue weighted by Gasteiger charge is 2.15. The van der Waals surface area contributed by atoms with Gasteiger partial charge in [-0.25, -0.2) is 14.8 Å². The second-order valence-electron chi connectivity index (χ2n) is 5.67. The summed E-state index contributed by atoms with van der Waals surface area (Å²) in [6, 6.07) is 1.34. The molecule has 9 nitrogen and oxygen atoms in total. The van der Waals surface area contributed by atoms with Gasteiger partial charge in [-0.05, 0) is 5.92 Å². The van der Waals surface area contributed by atoms with Gasteiger partial charge >= 0.3 is 6.03 Å². The van der Waals surface area contributed by atoms with E-state index in [1.165, 1.54) is 11.1 Å². The molecule has 2 amide bonds. The summed E-state index contributed by atoms with van der Waals surface area (Å²) in [6.07, 6.45) is 3.06. The lowest BCUT2D eigenvalue weighted by atomic mass is 10.0. The number of carbonyl (C=O) groups is 1. The van der Waals surface area contributed by atoms with Crippen molar-refractivity contribution in [2.24, 2.45) is 0 Å². The molecule has 128 valence electrons. The van der Waals surface area contributed by atoms with E-state index in [-0.39, 0.29) is 29.5 Å². The van der Waals surface area contributed by atoms with Crippen molar-refractivity contribution in [1.29, 1.82) is 0 Å². The average molecular weight is 331 g/mol. The smallest absolute Gasteiger partial charge is 0.322 e. The largest absolute Gasteiger partial charge is 0.451 e. The first-order chi connectivity index (χ1) is 11.3. The van der Waals surface area contributed by atoms with E-state index in [0.717, 1.165) is 5.56 Å². The molecule has 0 saturated heterocycles. The summed E-state index contributed by atoms with van der Waals surface area (Å²) in [5.41, 5.74) is 12.1. The molecule has 0 spiro atoms. The molecule has 0 fully saturated rings. The molecule has 0 atom stereocenters. The van der Waals surface area contributed by atoms with Crippen LogP contribution in [0.25, 0.3) is 0 Å². The molecule has 0 aliphatic heterocycles. The van der Waals surface area contributed by atoms with E-state index < -0.39 is 0 Å². The third kappa shape index (κ3) is 4.00. The van der Waals surface area contributed by atoms with Gasteiger partial charge in [-0.3, -0.25) is 5.32 Å². The van der Waals surface area contributed by atoms with E-state index in [4.69, 9.17) is 16.2 Å². The number of aromatic nitrogens is 3. The van der Waals surface area contributed by atoms with Crippen LogP contribution in [0.5, 0.6) is 11.5 Å². The van der Waals surface area contributed by atoms with Gasteiger partial charge in [0.1, 0.15) is 11.6 Å². The topological polar surface area (TPSA) is 132 Å². The fourth-order valence-electron chi connectivity index (χ4n) is 1.85. The molecule has 0 saturated carbocycles. The summed E-state index contributed by atoms with van der Waals surface area (Å²) in [7, 11) is 3.28. The maximum atomic E-state index is 11.8. The minimum absolute atomic E-state index is 0.0672. The fraction of sp³-hybridized carbons (Fsp3) is 0.333. The highest BCUT2D eigenvalue weighted by Crippen LogP contribution is 2.33. The Balaban J connectivity index is 2.36. The SMILES string of the molecule is CC(C)c1cnc(NC(=O)N(C)C)cc1Oc1cnc(N)nc1N. The summed E-state index contributed by atoms with van der Waals surface area (Å²) < 4.78 is 5.83. The first-order valence-electron chi connectivity index (χ1n) is 7.32. The van der Waals surface area contributed by atoms with E-state index in [0.29, 0.717) is 11.6 Å². The lowest BCUT2D eigenvalue weighted by molar-refractivity contribution is 0.230. The second-order valence-corrected chi connectivity index (χ2v) is 5.67. The summed E-state index contributed by atoms with van der Waals surface area (Å²) >= 11 is 0. The number of ether oxygens (including phenoxy) is 1. The van der Waals surface area contributed by atoms with Gasteiger partial charge in [0.25, 0.3) is 0 Å². The van der Waals surface area contributed by atoms with Gasteiger partial charge in [0.15, 0.2) is 11.6 Å². The normalized spacial score (nSPS) is 10.5. The van der Waals surface area contributed by atoms with Crippen LogP contribution >= 0.6 is 0 Å². The summed E-state index contributed by atoms with van der Waals surface area (Å²) in [5, 5.41) is 2.67.